The van der Waals surface area contributed by atoms with Gasteiger partial charge in [-0.15, -0.1) is 11.3 Å². The van der Waals surface area contributed by atoms with E-state index in [0.717, 1.165) is 40.8 Å². The van der Waals surface area contributed by atoms with Gasteiger partial charge in [0, 0.05) is 23.4 Å². The van der Waals surface area contributed by atoms with Gasteiger partial charge in [0.1, 0.15) is 5.76 Å². The monoisotopic (exact) mass is 368 g/mol. The van der Waals surface area contributed by atoms with Gasteiger partial charge in [-0.1, -0.05) is 0 Å². The van der Waals surface area contributed by atoms with Gasteiger partial charge in [0.25, 0.3) is 0 Å². The Kier molecular flexibility index (Phi) is 4.65. The summed E-state index contributed by atoms with van der Waals surface area (Å²) in [6.45, 7) is 0.643. The molecule has 0 fully saturated rings. The van der Waals surface area contributed by atoms with Crippen LogP contribution < -0.4 is 10.6 Å². The number of halogens is 1. The maximum Gasteiger partial charge on any atom is 0.315 e. The van der Waals surface area contributed by atoms with Crippen molar-refractivity contribution in [2.24, 2.45) is 0 Å². The number of thiophene rings is 1. The van der Waals surface area contributed by atoms with Crippen LogP contribution in [0.1, 0.15) is 35.1 Å². The van der Waals surface area contributed by atoms with Crippen LogP contribution in [0.4, 0.5) is 4.79 Å². The van der Waals surface area contributed by atoms with Crippen LogP contribution in [-0.2, 0) is 12.8 Å². The highest BCUT2D eigenvalue weighted by Gasteiger charge is 2.23. The molecule has 1 unspecified atom stereocenters. The number of nitrogens with one attached hydrogen (secondary N) is 2. The Labute approximate surface area is 136 Å². The van der Waals surface area contributed by atoms with Crippen molar-refractivity contribution in [3.8, 4) is 0 Å². The fourth-order valence-electron chi connectivity index (χ4n) is 2.63. The molecule has 0 aliphatic heterocycles. The van der Waals surface area contributed by atoms with Gasteiger partial charge in [-0.2, -0.15) is 0 Å². The molecular weight excluding hydrogens is 352 g/mol. The van der Waals surface area contributed by atoms with E-state index in [4.69, 9.17) is 4.42 Å². The minimum absolute atomic E-state index is 0.0726. The van der Waals surface area contributed by atoms with E-state index < -0.39 is 0 Å². The molecule has 2 amide bonds. The van der Waals surface area contributed by atoms with Gasteiger partial charge in [0.2, 0.25) is 0 Å². The first kappa shape index (κ1) is 14.7. The third-order valence-corrected chi connectivity index (χ3v) is 5.33. The fourth-order valence-corrected chi connectivity index (χ4v) is 4.11. The van der Waals surface area contributed by atoms with Crippen molar-refractivity contribution >= 4 is 33.3 Å². The largest absolute Gasteiger partial charge is 0.469 e. The quantitative estimate of drug-likeness (QED) is 0.855. The number of amides is 2. The first-order valence-corrected chi connectivity index (χ1v) is 8.68. The van der Waals surface area contributed by atoms with Crippen molar-refractivity contribution in [2.75, 3.05) is 6.54 Å². The number of rotatable bonds is 4. The smallest absolute Gasteiger partial charge is 0.315 e. The Morgan fingerprint density at radius 3 is 3.14 bits per heavy atom. The lowest BCUT2D eigenvalue weighted by Crippen LogP contribution is -2.39. The molecule has 1 atom stereocenters. The number of aryl methyl sites for hydroxylation is 1. The second-order valence-electron chi connectivity index (χ2n) is 5.10. The molecule has 0 saturated carbocycles. The molecule has 0 saturated heterocycles. The summed E-state index contributed by atoms with van der Waals surface area (Å²) in [6, 6.07) is 6.03. The van der Waals surface area contributed by atoms with Crippen LogP contribution in [0, 0.1) is 0 Å². The zero-order valence-corrected chi connectivity index (χ0v) is 13.9. The molecule has 0 spiro atoms. The number of carbonyl (C=O) groups is 1. The Bertz CT molecular complexity index is 623. The Morgan fingerprint density at radius 2 is 2.33 bits per heavy atom. The molecule has 0 radical (unpaired) electrons. The highest BCUT2D eigenvalue weighted by atomic mass is 79.9. The van der Waals surface area contributed by atoms with E-state index in [1.165, 1.54) is 4.88 Å². The van der Waals surface area contributed by atoms with E-state index in [1.807, 2.05) is 12.1 Å². The first-order chi connectivity index (χ1) is 10.2. The summed E-state index contributed by atoms with van der Waals surface area (Å²) in [7, 11) is 0. The van der Waals surface area contributed by atoms with Gasteiger partial charge in [0.05, 0.1) is 16.1 Å². The molecule has 2 heterocycles. The number of hydrogen-bond donors (Lipinski definition) is 2. The van der Waals surface area contributed by atoms with Crippen LogP contribution in [-0.4, -0.2) is 12.6 Å². The Balaban J connectivity index is 1.47. The van der Waals surface area contributed by atoms with Crippen LogP contribution in [0.15, 0.2) is 32.7 Å². The van der Waals surface area contributed by atoms with Gasteiger partial charge < -0.3 is 15.1 Å². The predicted molar refractivity (Wildman–Crippen MR) is 86.6 cm³/mol. The minimum atomic E-state index is -0.107. The number of fused-ring (bicyclic) bond motifs is 1. The van der Waals surface area contributed by atoms with Crippen molar-refractivity contribution in [1.82, 2.24) is 10.6 Å². The summed E-state index contributed by atoms with van der Waals surface area (Å²) in [5.41, 5.74) is 1.12. The molecule has 2 N–H and O–H groups in total. The molecule has 1 aliphatic rings. The molecule has 21 heavy (non-hydrogen) atoms. The van der Waals surface area contributed by atoms with Crippen LogP contribution in [0.2, 0.25) is 0 Å². The predicted octanol–water partition coefficient (Wildman–Crippen LogP) is 4.02. The van der Waals surface area contributed by atoms with Gasteiger partial charge in [-0.05, 0) is 53.4 Å². The van der Waals surface area contributed by atoms with E-state index in [2.05, 4.69) is 32.6 Å². The topological polar surface area (TPSA) is 54.3 Å². The summed E-state index contributed by atoms with van der Waals surface area (Å²) in [5, 5.41) is 5.96. The maximum absolute atomic E-state index is 12.0. The lowest BCUT2D eigenvalue weighted by atomic mass is 9.93. The van der Waals surface area contributed by atoms with Gasteiger partial charge in [-0.25, -0.2) is 4.79 Å². The Morgan fingerprint density at radius 1 is 1.43 bits per heavy atom. The molecule has 2 aromatic heterocycles. The van der Waals surface area contributed by atoms with Crippen molar-refractivity contribution in [1.29, 1.82) is 0 Å². The SMILES string of the molecule is O=C(NCCc1ccc(Br)s1)NC1CCCc2occc21. The lowest BCUT2D eigenvalue weighted by molar-refractivity contribution is 0.235. The highest BCUT2D eigenvalue weighted by Crippen LogP contribution is 2.30. The zero-order valence-electron chi connectivity index (χ0n) is 11.5. The van der Waals surface area contributed by atoms with Crippen LogP contribution in [0.3, 0.4) is 0 Å². The van der Waals surface area contributed by atoms with Crippen molar-refractivity contribution in [2.45, 2.75) is 31.7 Å². The standard InChI is InChI=1S/C15H17BrN2O2S/c16-14-5-4-10(21-14)6-8-17-15(19)18-12-2-1-3-13-11(12)7-9-20-13/h4-5,7,9,12H,1-3,6,8H2,(H2,17,18,19). The molecule has 112 valence electrons. The molecule has 0 bridgehead atoms. The highest BCUT2D eigenvalue weighted by molar-refractivity contribution is 9.11. The van der Waals surface area contributed by atoms with E-state index in [-0.39, 0.29) is 12.1 Å². The zero-order chi connectivity index (χ0) is 14.7. The molecular formula is C15H17BrN2O2S. The number of hydrogen-bond acceptors (Lipinski definition) is 3. The summed E-state index contributed by atoms with van der Waals surface area (Å²) < 4.78 is 6.56. The second kappa shape index (κ2) is 6.66. The van der Waals surface area contributed by atoms with E-state index in [9.17, 15) is 4.79 Å². The lowest BCUT2D eigenvalue weighted by Gasteiger charge is -2.22. The number of urea groups is 1. The Hall–Kier alpha value is -1.27. The first-order valence-electron chi connectivity index (χ1n) is 7.07. The average molecular weight is 369 g/mol. The minimum Gasteiger partial charge on any atom is -0.469 e. The molecule has 6 heteroatoms. The van der Waals surface area contributed by atoms with Crippen molar-refractivity contribution in [3.63, 3.8) is 0 Å². The summed E-state index contributed by atoms with van der Waals surface area (Å²) in [5.74, 6) is 1.01. The number of furan rings is 1. The van der Waals surface area contributed by atoms with E-state index in [1.54, 1.807) is 17.6 Å². The molecule has 4 nitrogen and oxygen atoms in total. The van der Waals surface area contributed by atoms with Crippen LogP contribution in [0.5, 0.6) is 0 Å². The van der Waals surface area contributed by atoms with E-state index in [0.29, 0.717) is 6.54 Å². The molecule has 0 aromatic carbocycles. The van der Waals surface area contributed by atoms with Crippen LogP contribution in [0.25, 0.3) is 0 Å². The second-order valence-corrected chi connectivity index (χ2v) is 7.65. The summed E-state index contributed by atoms with van der Waals surface area (Å²) in [4.78, 5) is 13.2. The average Bonchev–Trinajstić information content (AvgIpc) is 3.08. The van der Waals surface area contributed by atoms with Crippen molar-refractivity contribution in [3.05, 3.63) is 44.4 Å². The van der Waals surface area contributed by atoms with Gasteiger partial charge in [-0.3, -0.25) is 0 Å². The fraction of sp³-hybridized carbons (Fsp3) is 0.400. The van der Waals surface area contributed by atoms with E-state index >= 15 is 0 Å². The van der Waals surface area contributed by atoms with Gasteiger partial charge in [0.15, 0.2) is 0 Å². The third-order valence-electron chi connectivity index (χ3n) is 3.64. The molecule has 3 rings (SSSR count). The van der Waals surface area contributed by atoms with Crippen LogP contribution >= 0.6 is 27.3 Å². The maximum atomic E-state index is 12.0. The summed E-state index contributed by atoms with van der Waals surface area (Å²) >= 11 is 5.14. The van der Waals surface area contributed by atoms with Crippen molar-refractivity contribution < 1.29 is 9.21 Å². The molecule has 1 aliphatic carbocycles. The number of carbonyl (C=O) groups excluding carboxylic acids is 1. The summed E-state index contributed by atoms with van der Waals surface area (Å²) in [6.07, 6.45) is 5.55. The molecule has 2 aromatic rings. The normalized spacial score (nSPS) is 17.3. The van der Waals surface area contributed by atoms with Gasteiger partial charge >= 0.3 is 6.03 Å². The third kappa shape index (κ3) is 3.68.